The molecule has 0 bridgehead atoms. The second kappa shape index (κ2) is 5.37. The van der Waals surface area contributed by atoms with Gasteiger partial charge in [0.1, 0.15) is 6.04 Å². The minimum Gasteiger partial charge on any atom is -0.504 e. The number of carbonyl (C=O) groups is 1. The molecule has 1 aromatic carbocycles. The van der Waals surface area contributed by atoms with Crippen LogP contribution in [0.15, 0.2) is 18.2 Å². The maximum absolute atomic E-state index is 11.1. The third kappa shape index (κ3) is 2.87. The highest BCUT2D eigenvalue weighted by Gasteiger charge is 2.15. The van der Waals surface area contributed by atoms with Crippen LogP contribution < -0.4 is 10.5 Å². The van der Waals surface area contributed by atoms with Crippen molar-refractivity contribution in [1.29, 1.82) is 0 Å². The minimum absolute atomic E-state index is 0.0536. The number of phenolic OH excluding ortho intramolecular Hbond substituents is 1. The van der Waals surface area contributed by atoms with Crippen molar-refractivity contribution in [2.45, 2.75) is 12.5 Å². The van der Waals surface area contributed by atoms with Crippen molar-refractivity contribution in [3.63, 3.8) is 0 Å². The van der Waals surface area contributed by atoms with E-state index in [9.17, 15) is 9.90 Å². The first-order valence-corrected chi connectivity index (χ1v) is 4.77. The van der Waals surface area contributed by atoms with Crippen molar-refractivity contribution in [3.05, 3.63) is 23.8 Å². The van der Waals surface area contributed by atoms with Gasteiger partial charge < -0.3 is 20.3 Å². The standard InChI is InChI=1S/C11H15NO4/c1-15-10-6-7(3-4-9(10)13)5-8(12)11(14)16-2/h3-4,6,8,13H,5,12H2,1-2H3. The predicted octanol–water partition coefficient (Wildman–Crippen LogP) is 0.444. The Bertz CT molecular complexity index is 378. The van der Waals surface area contributed by atoms with E-state index in [0.717, 1.165) is 5.56 Å². The first-order valence-electron chi connectivity index (χ1n) is 4.77. The van der Waals surface area contributed by atoms with Gasteiger partial charge in [-0.15, -0.1) is 0 Å². The number of carbonyl (C=O) groups excluding carboxylic acids is 1. The van der Waals surface area contributed by atoms with E-state index in [0.29, 0.717) is 12.2 Å². The number of benzene rings is 1. The summed E-state index contributed by atoms with van der Waals surface area (Å²) in [7, 11) is 2.75. The number of nitrogens with two attached hydrogens (primary N) is 1. The van der Waals surface area contributed by atoms with Crippen LogP contribution in [0.2, 0.25) is 0 Å². The van der Waals surface area contributed by atoms with E-state index in [2.05, 4.69) is 4.74 Å². The summed E-state index contributed by atoms with van der Waals surface area (Å²) in [4.78, 5) is 11.1. The fraction of sp³-hybridized carbons (Fsp3) is 0.364. The van der Waals surface area contributed by atoms with E-state index < -0.39 is 12.0 Å². The third-order valence-electron chi connectivity index (χ3n) is 2.20. The molecule has 1 atom stereocenters. The Kier molecular flexibility index (Phi) is 4.13. The van der Waals surface area contributed by atoms with Crippen LogP contribution in [0.5, 0.6) is 11.5 Å². The van der Waals surface area contributed by atoms with Crippen molar-refractivity contribution in [3.8, 4) is 11.5 Å². The number of aromatic hydroxyl groups is 1. The summed E-state index contributed by atoms with van der Waals surface area (Å²) in [6, 6.07) is 4.11. The summed E-state index contributed by atoms with van der Waals surface area (Å²) >= 11 is 0. The number of ether oxygens (including phenoxy) is 2. The summed E-state index contributed by atoms with van der Waals surface area (Å²) in [5.74, 6) is -0.0560. The van der Waals surface area contributed by atoms with Gasteiger partial charge in [-0.2, -0.15) is 0 Å². The van der Waals surface area contributed by atoms with Gasteiger partial charge in [0.25, 0.3) is 0 Å². The summed E-state index contributed by atoms with van der Waals surface area (Å²) < 4.78 is 9.47. The molecule has 5 nitrogen and oxygen atoms in total. The number of esters is 1. The zero-order valence-electron chi connectivity index (χ0n) is 9.27. The molecular formula is C11H15NO4. The fourth-order valence-electron chi connectivity index (χ4n) is 1.34. The molecule has 88 valence electrons. The molecule has 0 fully saturated rings. The molecule has 0 aliphatic carbocycles. The molecule has 1 unspecified atom stereocenters. The highest BCUT2D eigenvalue weighted by atomic mass is 16.5. The number of phenols is 1. The SMILES string of the molecule is COC(=O)C(N)Cc1ccc(O)c(OC)c1. The van der Waals surface area contributed by atoms with Crippen LogP contribution in [-0.4, -0.2) is 31.3 Å². The predicted molar refractivity (Wildman–Crippen MR) is 58.4 cm³/mol. The van der Waals surface area contributed by atoms with Crippen molar-refractivity contribution in [2.75, 3.05) is 14.2 Å². The van der Waals surface area contributed by atoms with Gasteiger partial charge in [0, 0.05) is 0 Å². The molecule has 1 aromatic rings. The van der Waals surface area contributed by atoms with Crippen molar-refractivity contribution in [2.24, 2.45) is 5.73 Å². The average Bonchev–Trinajstić information content (AvgIpc) is 2.30. The van der Waals surface area contributed by atoms with Gasteiger partial charge in [0.05, 0.1) is 14.2 Å². The topological polar surface area (TPSA) is 81.8 Å². The van der Waals surface area contributed by atoms with E-state index in [1.165, 1.54) is 20.3 Å². The second-order valence-electron chi connectivity index (χ2n) is 3.34. The Morgan fingerprint density at radius 3 is 2.75 bits per heavy atom. The van der Waals surface area contributed by atoms with Crippen molar-refractivity contribution < 1.29 is 19.4 Å². The van der Waals surface area contributed by atoms with E-state index in [-0.39, 0.29) is 5.75 Å². The quantitative estimate of drug-likeness (QED) is 0.727. The number of rotatable bonds is 4. The molecule has 16 heavy (non-hydrogen) atoms. The van der Waals surface area contributed by atoms with Gasteiger partial charge in [-0.05, 0) is 24.1 Å². The first kappa shape index (κ1) is 12.3. The molecule has 1 rings (SSSR count). The van der Waals surface area contributed by atoms with Crippen LogP contribution in [0.25, 0.3) is 0 Å². The molecule has 0 aliphatic heterocycles. The van der Waals surface area contributed by atoms with E-state index in [1.54, 1.807) is 12.1 Å². The maximum Gasteiger partial charge on any atom is 0.322 e. The Hall–Kier alpha value is -1.75. The lowest BCUT2D eigenvalue weighted by Crippen LogP contribution is -2.33. The molecular weight excluding hydrogens is 210 g/mol. The third-order valence-corrected chi connectivity index (χ3v) is 2.20. The van der Waals surface area contributed by atoms with Gasteiger partial charge in [0.15, 0.2) is 11.5 Å². The van der Waals surface area contributed by atoms with Crippen LogP contribution in [0, 0.1) is 0 Å². The molecule has 0 aromatic heterocycles. The molecule has 0 amide bonds. The lowest BCUT2D eigenvalue weighted by molar-refractivity contribution is -0.142. The zero-order chi connectivity index (χ0) is 12.1. The highest BCUT2D eigenvalue weighted by Crippen LogP contribution is 2.26. The lowest BCUT2D eigenvalue weighted by Gasteiger charge is -2.10. The van der Waals surface area contributed by atoms with E-state index in [4.69, 9.17) is 10.5 Å². The van der Waals surface area contributed by atoms with Crippen LogP contribution in [0.3, 0.4) is 0 Å². The number of methoxy groups -OCH3 is 2. The Morgan fingerprint density at radius 2 is 2.19 bits per heavy atom. The molecule has 0 heterocycles. The molecule has 3 N–H and O–H groups in total. The van der Waals surface area contributed by atoms with E-state index >= 15 is 0 Å². The average molecular weight is 225 g/mol. The van der Waals surface area contributed by atoms with Crippen LogP contribution in [0.1, 0.15) is 5.56 Å². The van der Waals surface area contributed by atoms with Gasteiger partial charge >= 0.3 is 5.97 Å². The van der Waals surface area contributed by atoms with Crippen molar-refractivity contribution >= 4 is 5.97 Å². The molecule has 0 aliphatic rings. The number of hydrogen-bond acceptors (Lipinski definition) is 5. The Balaban J connectivity index is 2.78. The maximum atomic E-state index is 11.1. The molecule has 0 saturated carbocycles. The smallest absolute Gasteiger partial charge is 0.322 e. The van der Waals surface area contributed by atoms with Gasteiger partial charge in [0.2, 0.25) is 0 Å². The summed E-state index contributed by atoms with van der Waals surface area (Å²) in [5.41, 5.74) is 6.41. The van der Waals surface area contributed by atoms with Crippen LogP contribution >= 0.6 is 0 Å². The second-order valence-corrected chi connectivity index (χ2v) is 3.34. The largest absolute Gasteiger partial charge is 0.504 e. The number of hydrogen-bond donors (Lipinski definition) is 2. The monoisotopic (exact) mass is 225 g/mol. The summed E-state index contributed by atoms with van der Waals surface area (Å²) in [6.45, 7) is 0. The lowest BCUT2D eigenvalue weighted by atomic mass is 10.1. The zero-order valence-corrected chi connectivity index (χ0v) is 9.27. The van der Waals surface area contributed by atoms with Crippen LogP contribution in [0.4, 0.5) is 0 Å². The summed E-state index contributed by atoms with van der Waals surface area (Å²) in [5, 5.41) is 9.38. The van der Waals surface area contributed by atoms with Crippen LogP contribution in [-0.2, 0) is 16.0 Å². The fourth-order valence-corrected chi connectivity index (χ4v) is 1.34. The Labute approximate surface area is 93.8 Å². The molecule has 0 radical (unpaired) electrons. The highest BCUT2D eigenvalue weighted by molar-refractivity contribution is 5.75. The molecule has 5 heteroatoms. The normalized spacial score (nSPS) is 11.9. The van der Waals surface area contributed by atoms with E-state index in [1.807, 2.05) is 0 Å². The minimum atomic E-state index is -0.709. The molecule has 0 spiro atoms. The molecule has 0 saturated heterocycles. The van der Waals surface area contributed by atoms with Gasteiger partial charge in [-0.3, -0.25) is 4.79 Å². The van der Waals surface area contributed by atoms with Crippen molar-refractivity contribution in [1.82, 2.24) is 0 Å². The Morgan fingerprint density at radius 1 is 1.50 bits per heavy atom. The summed E-state index contributed by atoms with van der Waals surface area (Å²) in [6.07, 6.45) is 0.337. The van der Waals surface area contributed by atoms with Gasteiger partial charge in [-0.1, -0.05) is 6.07 Å². The first-order chi connectivity index (χ1) is 7.58. The van der Waals surface area contributed by atoms with Gasteiger partial charge in [-0.25, -0.2) is 0 Å².